The number of aliphatic carboxylic acids is 1. The fraction of sp³-hybridized carbons (Fsp3) is 0.300. The lowest BCUT2D eigenvalue weighted by Crippen LogP contribution is -2.33. The maximum atomic E-state index is 12.3. The largest absolute Gasteiger partial charge is 0.489 e. The van der Waals surface area contributed by atoms with Crippen LogP contribution in [0, 0.1) is 5.92 Å². The van der Waals surface area contributed by atoms with Gasteiger partial charge in [0.2, 0.25) is 0 Å². The first-order valence-electron chi connectivity index (χ1n) is 8.42. The average Bonchev–Trinajstić information content (AvgIpc) is 3.10. The summed E-state index contributed by atoms with van der Waals surface area (Å²) in [6.45, 7) is 0.477. The number of benzene rings is 2. The molecule has 0 aliphatic heterocycles. The van der Waals surface area contributed by atoms with Gasteiger partial charge in [-0.3, -0.25) is 9.59 Å². The molecule has 2 N–H and O–H groups in total. The van der Waals surface area contributed by atoms with E-state index in [0.29, 0.717) is 37.2 Å². The van der Waals surface area contributed by atoms with Gasteiger partial charge in [-0.25, -0.2) is 0 Å². The molecule has 2 aromatic carbocycles. The highest BCUT2D eigenvalue weighted by molar-refractivity contribution is 5.94. The van der Waals surface area contributed by atoms with Crippen LogP contribution in [-0.4, -0.2) is 23.0 Å². The van der Waals surface area contributed by atoms with E-state index >= 15 is 0 Å². The summed E-state index contributed by atoms with van der Waals surface area (Å²) in [4.78, 5) is 23.2. The van der Waals surface area contributed by atoms with Crippen LogP contribution in [0.5, 0.6) is 5.75 Å². The van der Waals surface area contributed by atoms with Crippen LogP contribution in [0.25, 0.3) is 0 Å². The monoisotopic (exact) mass is 339 g/mol. The Hall–Kier alpha value is -2.82. The molecule has 5 heteroatoms. The zero-order valence-corrected chi connectivity index (χ0v) is 13.9. The quantitative estimate of drug-likeness (QED) is 0.847. The molecule has 1 amide bonds. The molecule has 3 rings (SSSR count). The number of ether oxygens (including phenoxy) is 1. The second-order valence-corrected chi connectivity index (χ2v) is 6.32. The fourth-order valence-electron chi connectivity index (χ4n) is 3.05. The number of carboxylic acid groups (broad SMARTS) is 1. The van der Waals surface area contributed by atoms with Gasteiger partial charge in [0.25, 0.3) is 5.91 Å². The second kappa shape index (κ2) is 7.83. The first kappa shape index (κ1) is 17.0. The Kier molecular flexibility index (Phi) is 5.33. The summed E-state index contributed by atoms with van der Waals surface area (Å²) in [5.74, 6) is -0.603. The highest BCUT2D eigenvalue weighted by atomic mass is 16.5. The van der Waals surface area contributed by atoms with E-state index in [-0.39, 0.29) is 17.9 Å². The Morgan fingerprint density at radius 2 is 1.76 bits per heavy atom. The summed E-state index contributed by atoms with van der Waals surface area (Å²) in [5.41, 5.74) is 1.63. The number of carbonyl (C=O) groups excluding carboxylic acids is 1. The van der Waals surface area contributed by atoms with E-state index in [9.17, 15) is 9.59 Å². The van der Waals surface area contributed by atoms with Crippen molar-refractivity contribution in [3.63, 3.8) is 0 Å². The van der Waals surface area contributed by atoms with Crippen LogP contribution in [-0.2, 0) is 11.4 Å². The fourth-order valence-corrected chi connectivity index (χ4v) is 3.05. The van der Waals surface area contributed by atoms with Gasteiger partial charge in [-0.1, -0.05) is 30.3 Å². The van der Waals surface area contributed by atoms with Crippen molar-refractivity contribution in [3.8, 4) is 5.75 Å². The van der Waals surface area contributed by atoms with Crippen molar-refractivity contribution in [2.24, 2.45) is 5.92 Å². The zero-order valence-electron chi connectivity index (χ0n) is 13.9. The van der Waals surface area contributed by atoms with Crippen LogP contribution in [0.15, 0.2) is 54.6 Å². The van der Waals surface area contributed by atoms with E-state index in [0.717, 1.165) is 5.56 Å². The van der Waals surface area contributed by atoms with Crippen LogP contribution < -0.4 is 10.1 Å². The third-order valence-corrected chi connectivity index (χ3v) is 4.48. The maximum absolute atomic E-state index is 12.3. The lowest BCUT2D eigenvalue weighted by Gasteiger charge is -2.13. The van der Waals surface area contributed by atoms with Crippen LogP contribution in [0.3, 0.4) is 0 Å². The van der Waals surface area contributed by atoms with Gasteiger partial charge in [-0.05, 0) is 49.1 Å². The van der Waals surface area contributed by atoms with Crippen LogP contribution in [0.1, 0.15) is 35.2 Å². The van der Waals surface area contributed by atoms with E-state index in [1.807, 2.05) is 30.3 Å². The number of hydrogen-bond acceptors (Lipinski definition) is 3. The molecule has 2 atom stereocenters. The van der Waals surface area contributed by atoms with E-state index in [4.69, 9.17) is 9.84 Å². The summed E-state index contributed by atoms with van der Waals surface area (Å²) >= 11 is 0. The summed E-state index contributed by atoms with van der Waals surface area (Å²) in [5, 5.41) is 11.9. The van der Waals surface area contributed by atoms with Crippen molar-refractivity contribution < 1.29 is 19.4 Å². The van der Waals surface area contributed by atoms with E-state index < -0.39 is 5.97 Å². The number of carbonyl (C=O) groups is 2. The molecule has 2 unspecified atom stereocenters. The van der Waals surface area contributed by atoms with Crippen LogP contribution >= 0.6 is 0 Å². The first-order chi connectivity index (χ1) is 12.1. The van der Waals surface area contributed by atoms with Crippen LogP contribution in [0.4, 0.5) is 0 Å². The summed E-state index contributed by atoms with van der Waals surface area (Å²) < 4.78 is 5.70. The van der Waals surface area contributed by atoms with Gasteiger partial charge in [0.15, 0.2) is 0 Å². The highest BCUT2D eigenvalue weighted by Gasteiger charge is 2.30. The molecule has 1 saturated carbocycles. The summed E-state index contributed by atoms with van der Waals surface area (Å²) in [6.07, 6.45) is 1.83. The SMILES string of the molecule is O=C(NC1CCC(C(=O)O)C1)c1ccc(OCc2ccccc2)cc1. The number of carboxylic acids is 1. The second-order valence-electron chi connectivity index (χ2n) is 6.32. The third kappa shape index (κ3) is 4.59. The van der Waals surface area contributed by atoms with E-state index in [2.05, 4.69) is 5.32 Å². The van der Waals surface area contributed by atoms with Gasteiger partial charge in [-0.15, -0.1) is 0 Å². The topological polar surface area (TPSA) is 75.6 Å². The lowest BCUT2D eigenvalue weighted by molar-refractivity contribution is -0.141. The molecular formula is C20H21NO4. The van der Waals surface area contributed by atoms with Gasteiger partial charge >= 0.3 is 5.97 Å². The maximum Gasteiger partial charge on any atom is 0.306 e. The number of amides is 1. The van der Waals surface area contributed by atoms with Crippen LogP contribution in [0.2, 0.25) is 0 Å². The van der Waals surface area contributed by atoms with Gasteiger partial charge in [0.05, 0.1) is 5.92 Å². The molecule has 0 spiro atoms. The molecule has 5 nitrogen and oxygen atoms in total. The van der Waals surface area contributed by atoms with Crippen molar-refractivity contribution >= 4 is 11.9 Å². The van der Waals surface area contributed by atoms with Gasteiger partial charge < -0.3 is 15.2 Å². The molecule has 130 valence electrons. The van der Waals surface area contributed by atoms with Crippen molar-refractivity contribution in [3.05, 3.63) is 65.7 Å². The standard InChI is InChI=1S/C20H21NO4/c22-19(21-17-9-6-16(12-17)20(23)24)15-7-10-18(11-8-15)25-13-14-4-2-1-3-5-14/h1-5,7-8,10-11,16-17H,6,9,12-13H2,(H,21,22)(H,23,24). The molecule has 0 bridgehead atoms. The third-order valence-electron chi connectivity index (χ3n) is 4.48. The molecular weight excluding hydrogens is 318 g/mol. The molecule has 1 fully saturated rings. The van der Waals surface area contributed by atoms with Gasteiger partial charge in [0, 0.05) is 11.6 Å². The Bertz CT molecular complexity index is 727. The molecule has 0 heterocycles. The molecule has 0 saturated heterocycles. The van der Waals surface area contributed by atoms with Crippen molar-refractivity contribution in [2.45, 2.75) is 31.9 Å². The minimum atomic E-state index is -0.781. The predicted octanol–water partition coefficient (Wildman–Crippen LogP) is 3.25. The minimum absolute atomic E-state index is 0.0670. The Morgan fingerprint density at radius 3 is 2.40 bits per heavy atom. The Balaban J connectivity index is 1.51. The smallest absolute Gasteiger partial charge is 0.306 e. The van der Waals surface area contributed by atoms with Crippen molar-refractivity contribution in [1.29, 1.82) is 0 Å². The lowest BCUT2D eigenvalue weighted by atomic mass is 10.1. The molecule has 1 aliphatic carbocycles. The Labute approximate surface area is 146 Å². The molecule has 2 aromatic rings. The molecule has 1 aliphatic rings. The summed E-state index contributed by atoms with van der Waals surface area (Å²) in [7, 11) is 0. The molecule has 25 heavy (non-hydrogen) atoms. The van der Waals surface area contributed by atoms with E-state index in [1.165, 1.54) is 0 Å². The average molecular weight is 339 g/mol. The Morgan fingerprint density at radius 1 is 1.04 bits per heavy atom. The predicted molar refractivity (Wildman–Crippen MR) is 93.4 cm³/mol. The van der Waals surface area contributed by atoms with Crippen molar-refractivity contribution in [2.75, 3.05) is 0 Å². The highest BCUT2D eigenvalue weighted by Crippen LogP contribution is 2.26. The minimum Gasteiger partial charge on any atom is -0.489 e. The molecule has 0 aromatic heterocycles. The summed E-state index contributed by atoms with van der Waals surface area (Å²) in [6, 6.07) is 16.8. The van der Waals surface area contributed by atoms with Crippen molar-refractivity contribution in [1.82, 2.24) is 5.32 Å². The first-order valence-corrected chi connectivity index (χ1v) is 8.42. The van der Waals surface area contributed by atoms with Gasteiger partial charge in [-0.2, -0.15) is 0 Å². The number of nitrogens with one attached hydrogen (secondary N) is 1. The molecule has 0 radical (unpaired) electrons. The normalized spacial score (nSPS) is 19.4. The van der Waals surface area contributed by atoms with Gasteiger partial charge in [0.1, 0.15) is 12.4 Å². The zero-order chi connectivity index (χ0) is 17.6. The number of rotatable bonds is 6. The number of hydrogen-bond donors (Lipinski definition) is 2. The van der Waals surface area contributed by atoms with E-state index in [1.54, 1.807) is 24.3 Å².